The van der Waals surface area contributed by atoms with Gasteiger partial charge < -0.3 is 14.4 Å². The first kappa shape index (κ1) is 27.6. The van der Waals surface area contributed by atoms with Crippen molar-refractivity contribution < 1.29 is 19.1 Å². The maximum Gasteiger partial charge on any atom is 0.330 e. The standard InChI is InChI=1S/C27H33NO4S2/c1-4-7-8-16-28(22-12-14-24(15-13-22)33-19-17-31-26(29)5-2)23-10-9-11-25(21-23)34-20-18-32-27(30)6-3/h5-6,9-15,21H,2-4,7-8,16-20H2,1H3. The number of unbranched alkanes of at least 4 members (excludes halogenated alkanes) is 2. The zero-order valence-electron chi connectivity index (χ0n) is 19.7. The molecule has 0 aromatic heterocycles. The molecule has 34 heavy (non-hydrogen) atoms. The molecule has 2 rings (SSSR count). The first-order valence-electron chi connectivity index (χ1n) is 11.4. The van der Waals surface area contributed by atoms with E-state index in [0.717, 1.165) is 34.1 Å². The second kappa shape index (κ2) is 16.1. The fourth-order valence-electron chi connectivity index (χ4n) is 3.11. The van der Waals surface area contributed by atoms with Crippen LogP contribution in [0.3, 0.4) is 0 Å². The predicted molar refractivity (Wildman–Crippen MR) is 143 cm³/mol. The molecular formula is C27H33NO4S2. The number of carbonyl (C=O) groups is 2. The fraction of sp³-hybridized carbons (Fsp3) is 0.333. The van der Waals surface area contributed by atoms with Gasteiger partial charge in [0.25, 0.3) is 0 Å². The highest BCUT2D eigenvalue weighted by Gasteiger charge is 2.11. The number of hydrogen-bond donors (Lipinski definition) is 0. The SMILES string of the molecule is C=CC(=O)OCCSc1ccc(N(CCCCC)c2cccc(SCCOC(=O)C=C)c2)cc1. The van der Waals surface area contributed by atoms with E-state index in [4.69, 9.17) is 9.47 Å². The van der Waals surface area contributed by atoms with E-state index in [9.17, 15) is 9.59 Å². The zero-order valence-corrected chi connectivity index (χ0v) is 21.4. The maximum atomic E-state index is 11.2. The molecular weight excluding hydrogens is 466 g/mol. The minimum atomic E-state index is -0.393. The van der Waals surface area contributed by atoms with Crippen LogP contribution < -0.4 is 4.90 Å². The van der Waals surface area contributed by atoms with E-state index in [-0.39, 0.29) is 0 Å². The summed E-state index contributed by atoms with van der Waals surface area (Å²) >= 11 is 3.31. The van der Waals surface area contributed by atoms with Crippen molar-refractivity contribution in [3.63, 3.8) is 0 Å². The monoisotopic (exact) mass is 499 g/mol. The number of hydrogen-bond acceptors (Lipinski definition) is 7. The average Bonchev–Trinajstić information content (AvgIpc) is 2.87. The number of thioether (sulfide) groups is 2. The molecule has 0 saturated carbocycles. The van der Waals surface area contributed by atoms with E-state index in [0.29, 0.717) is 24.7 Å². The van der Waals surface area contributed by atoms with Gasteiger partial charge in [-0.15, -0.1) is 23.5 Å². The van der Waals surface area contributed by atoms with Gasteiger partial charge in [-0.25, -0.2) is 9.59 Å². The lowest BCUT2D eigenvalue weighted by Crippen LogP contribution is -2.18. The van der Waals surface area contributed by atoms with Gasteiger partial charge in [0.05, 0.1) is 0 Å². The number of nitrogens with zero attached hydrogens (tertiary/aromatic N) is 1. The number of esters is 2. The van der Waals surface area contributed by atoms with Gasteiger partial charge in [0.2, 0.25) is 0 Å². The number of anilines is 2. The summed E-state index contributed by atoms with van der Waals surface area (Å²) in [6.07, 6.45) is 5.81. The van der Waals surface area contributed by atoms with Crippen molar-refractivity contribution in [2.45, 2.75) is 36.0 Å². The van der Waals surface area contributed by atoms with Crippen molar-refractivity contribution in [3.05, 3.63) is 73.8 Å². The first-order valence-corrected chi connectivity index (χ1v) is 13.4. The van der Waals surface area contributed by atoms with E-state index in [1.165, 1.54) is 25.0 Å². The molecule has 182 valence electrons. The zero-order chi connectivity index (χ0) is 24.6. The van der Waals surface area contributed by atoms with Crippen molar-refractivity contribution >= 4 is 46.8 Å². The van der Waals surface area contributed by atoms with Crippen LogP contribution >= 0.6 is 23.5 Å². The Morgan fingerprint density at radius 3 is 2.06 bits per heavy atom. The van der Waals surface area contributed by atoms with Crippen LogP contribution in [0.1, 0.15) is 26.2 Å². The van der Waals surface area contributed by atoms with Crippen molar-refractivity contribution in [2.24, 2.45) is 0 Å². The summed E-state index contributed by atoms with van der Waals surface area (Å²) in [4.78, 5) is 27.0. The summed E-state index contributed by atoms with van der Waals surface area (Å²) < 4.78 is 10.1. The minimum Gasteiger partial charge on any atom is -0.462 e. The highest BCUT2D eigenvalue weighted by molar-refractivity contribution is 7.99. The van der Waals surface area contributed by atoms with Gasteiger partial charge in [0.1, 0.15) is 13.2 Å². The number of rotatable bonds is 16. The van der Waals surface area contributed by atoms with Gasteiger partial charge in [-0.1, -0.05) is 39.0 Å². The quantitative estimate of drug-likeness (QED) is 0.111. The van der Waals surface area contributed by atoms with Crippen LogP contribution in [-0.2, 0) is 19.1 Å². The van der Waals surface area contributed by atoms with E-state index in [1.807, 2.05) is 0 Å². The smallest absolute Gasteiger partial charge is 0.330 e. The topological polar surface area (TPSA) is 55.8 Å². The molecule has 0 aliphatic heterocycles. The Bertz CT molecular complexity index is 930. The Hall–Kier alpha value is -2.64. The van der Waals surface area contributed by atoms with Crippen molar-refractivity contribution in [1.82, 2.24) is 0 Å². The lowest BCUT2D eigenvalue weighted by atomic mass is 10.2. The molecule has 0 saturated heterocycles. The Labute approximate surface area is 211 Å². The third-order valence-electron chi connectivity index (χ3n) is 4.79. The normalized spacial score (nSPS) is 10.4. The molecule has 2 aromatic rings. The summed E-state index contributed by atoms with van der Waals surface area (Å²) in [6, 6.07) is 16.9. The van der Waals surface area contributed by atoms with Crippen molar-refractivity contribution in [2.75, 3.05) is 36.2 Å². The lowest BCUT2D eigenvalue weighted by molar-refractivity contribution is -0.138. The molecule has 0 amide bonds. The van der Waals surface area contributed by atoms with Gasteiger partial charge >= 0.3 is 11.9 Å². The molecule has 0 spiro atoms. The van der Waals surface area contributed by atoms with Crippen molar-refractivity contribution in [3.8, 4) is 0 Å². The van der Waals surface area contributed by atoms with Crippen LogP contribution in [0.5, 0.6) is 0 Å². The van der Waals surface area contributed by atoms with Gasteiger partial charge in [0, 0.05) is 51.4 Å². The molecule has 0 N–H and O–H groups in total. The number of ether oxygens (including phenoxy) is 2. The molecule has 0 bridgehead atoms. The van der Waals surface area contributed by atoms with Crippen LogP contribution in [0.25, 0.3) is 0 Å². The molecule has 7 heteroatoms. The molecule has 0 heterocycles. The second-order valence-corrected chi connectivity index (χ2v) is 9.63. The van der Waals surface area contributed by atoms with Crippen LogP contribution in [0.15, 0.2) is 83.6 Å². The Morgan fingerprint density at radius 2 is 1.47 bits per heavy atom. The third-order valence-corrected chi connectivity index (χ3v) is 6.72. The van der Waals surface area contributed by atoms with Crippen molar-refractivity contribution in [1.29, 1.82) is 0 Å². The van der Waals surface area contributed by atoms with E-state index in [2.05, 4.69) is 73.5 Å². The van der Waals surface area contributed by atoms with E-state index in [1.54, 1.807) is 23.5 Å². The number of carbonyl (C=O) groups excluding carboxylic acids is 2. The third kappa shape index (κ3) is 10.1. The molecule has 0 unspecified atom stereocenters. The van der Waals surface area contributed by atoms with Crippen LogP contribution in [-0.4, -0.2) is 43.2 Å². The average molecular weight is 500 g/mol. The predicted octanol–water partition coefficient (Wildman–Crippen LogP) is 6.66. The van der Waals surface area contributed by atoms with Gasteiger partial charge in [0.15, 0.2) is 0 Å². The highest BCUT2D eigenvalue weighted by Crippen LogP contribution is 2.31. The molecule has 0 fully saturated rings. The molecule has 0 atom stereocenters. The summed E-state index contributed by atoms with van der Waals surface area (Å²) in [5, 5.41) is 0. The summed E-state index contributed by atoms with van der Waals surface area (Å²) in [6.45, 7) is 10.7. The Morgan fingerprint density at radius 1 is 0.853 bits per heavy atom. The summed E-state index contributed by atoms with van der Waals surface area (Å²) in [5.74, 6) is 0.598. The molecule has 2 aromatic carbocycles. The van der Waals surface area contributed by atoms with Crippen LogP contribution in [0, 0.1) is 0 Å². The second-order valence-electron chi connectivity index (χ2n) is 7.29. The molecule has 5 nitrogen and oxygen atoms in total. The fourth-order valence-corrected chi connectivity index (χ4v) is 4.62. The molecule has 0 aliphatic carbocycles. The van der Waals surface area contributed by atoms with Gasteiger partial charge in [-0.05, 0) is 48.9 Å². The highest BCUT2D eigenvalue weighted by atomic mass is 32.2. The first-order chi connectivity index (χ1) is 16.6. The minimum absolute atomic E-state index is 0.353. The van der Waals surface area contributed by atoms with E-state index < -0.39 is 11.9 Å². The largest absolute Gasteiger partial charge is 0.462 e. The summed E-state index contributed by atoms with van der Waals surface area (Å²) in [5.41, 5.74) is 2.28. The number of benzene rings is 2. The van der Waals surface area contributed by atoms with Gasteiger partial charge in [-0.3, -0.25) is 0 Å². The molecule has 0 radical (unpaired) electrons. The Balaban J connectivity index is 2.03. The summed E-state index contributed by atoms with van der Waals surface area (Å²) in [7, 11) is 0. The van der Waals surface area contributed by atoms with Crippen LogP contribution in [0.2, 0.25) is 0 Å². The maximum absolute atomic E-state index is 11.2. The van der Waals surface area contributed by atoms with E-state index >= 15 is 0 Å². The molecule has 0 aliphatic rings. The lowest BCUT2D eigenvalue weighted by Gasteiger charge is -2.26. The van der Waals surface area contributed by atoms with Gasteiger partial charge in [-0.2, -0.15) is 0 Å². The Kier molecular flexibility index (Phi) is 13.0. The van der Waals surface area contributed by atoms with Crippen LogP contribution in [0.4, 0.5) is 11.4 Å².